The Hall–Kier alpha value is -2.64. The van der Waals surface area contributed by atoms with Crippen molar-refractivity contribution in [2.75, 3.05) is 5.73 Å². The highest BCUT2D eigenvalue weighted by atomic mass is 32.2. The monoisotopic (exact) mass is 358 g/mol. The minimum Gasteiger partial charge on any atom is -0.453 e. The number of hydrogen-bond acceptors (Lipinski definition) is 5. The van der Waals surface area contributed by atoms with Gasteiger partial charge in [0.25, 0.3) is 0 Å². The molecule has 3 N–H and O–H groups in total. The molecule has 25 heavy (non-hydrogen) atoms. The molecule has 1 unspecified atom stereocenters. The number of rotatable bonds is 5. The number of allylic oxidation sites excluding steroid dienone is 2. The second kappa shape index (κ2) is 6.70. The van der Waals surface area contributed by atoms with Gasteiger partial charge in [0.1, 0.15) is 5.76 Å². The van der Waals surface area contributed by atoms with Crippen LogP contribution in [-0.2, 0) is 10.0 Å². The van der Waals surface area contributed by atoms with Gasteiger partial charge in [-0.05, 0) is 36.8 Å². The molecule has 0 saturated heterocycles. The third-order valence-corrected chi connectivity index (χ3v) is 5.33. The number of anilines is 1. The number of nitrogen functional groups attached to an aromatic ring is 1. The molecule has 3 rings (SSSR count). The van der Waals surface area contributed by atoms with E-state index in [-0.39, 0.29) is 16.4 Å². The first-order valence-electron chi connectivity index (χ1n) is 7.72. The Morgan fingerprint density at radius 2 is 2.08 bits per heavy atom. The van der Waals surface area contributed by atoms with Crippen molar-refractivity contribution in [2.24, 2.45) is 0 Å². The van der Waals surface area contributed by atoms with Crippen molar-refractivity contribution in [1.82, 2.24) is 4.72 Å². The molecule has 130 valence electrons. The number of nitrogens with two attached hydrogens (primary N) is 1. The number of Topliss-reactive ketones (excluding diaryl/α,β-unsaturated/α-hetero) is 1. The summed E-state index contributed by atoms with van der Waals surface area (Å²) in [6.45, 7) is 1.41. The Kier molecular flexibility index (Phi) is 4.61. The van der Waals surface area contributed by atoms with Crippen LogP contribution in [0.3, 0.4) is 0 Å². The summed E-state index contributed by atoms with van der Waals surface area (Å²) in [4.78, 5) is 11.5. The maximum absolute atomic E-state index is 12.6. The maximum Gasteiger partial charge on any atom is 0.241 e. The first-order chi connectivity index (χ1) is 11.9. The average Bonchev–Trinajstić information content (AvgIpc) is 3.05. The summed E-state index contributed by atoms with van der Waals surface area (Å²) in [6.07, 6.45) is 5.95. The lowest BCUT2D eigenvalue weighted by Crippen LogP contribution is -2.36. The molecule has 0 radical (unpaired) electrons. The molecule has 1 aliphatic carbocycles. The number of sulfonamides is 1. The van der Waals surface area contributed by atoms with Gasteiger partial charge in [-0.1, -0.05) is 24.3 Å². The lowest BCUT2D eigenvalue weighted by Gasteiger charge is -2.21. The van der Waals surface area contributed by atoms with E-state index in [0.717, 1.165) is 0 Å². The zero-order valence-electron chi connectivity index (χ0n) is 13.6. The molecular weight excluding hydrogens is 340 g/mol. The Labute approximate surface area is 146 Å². The lowest BCUT2D eigenvalue weighted by molar-refractivity contribution is 0.0986. The van der Waals surface area contributed by atoms with Crippen molar-refractivity contribution in [3.63, 3.8) is 0 Å². The fourth-order valence-corrected chi connectivity index (χ4v) is 3.90. The fourth-order valence-electron chi connectivity index (χ4n) is 2.61. The van der Waals surface area contributed by atoms with E-state index >= 15 is 0 Å². The van der Waals surface area contributed by atoms with Gasteiger partial charge >= 0.3 is 0 Å². The van der Waals surface area contributed by atoms with Gasteiger partial charge in [-0.15, -0.1) is 0 Å². The first-order valence-corrected chi connectivity index (χ1v) is 9.21. The van der Waals surface area contributed by atoms with E-state index in [0.29, 0.717) is 23.4 Å². The van der Waals surface area contributed by atoms with E-state index in [1.165, 1.54) is 19.1 Å². The Morgan fingerprint density at radius 3 is 2.76 bits per heavy atom. The molecule has 0 bridgehead atoms. The SMILES string of the molecule is CC(=O)c1ccc(C2=CC=CCC2NS(=O)(=O)c2cccc(N)c2)o1. The second-order valence-corrected chi connectivity index (χ2v) is 7.47. The van der Waals surface area contributed by atoms with E-state index in [2.05, 4.69) is 4.72 Å². The predicted octanol–water partition coefficient (Wildman–Crippen LogP) is 2.75. The van der Waals surface area contributed by atoms with Crippen molar-refractivity contribution >= 4 is 27.1 Å². The highest BCUT2D eigenvalue weighted by molar-refractivity contribution is 7.89. The quantitative estimate of drug-likeness (QED) is 0.632. The van der Waals surface area contributed by atoms with Crippen LogP contribution in [0.1, 0.15) is 29.7 Å². The molecule has 0 saturated carbocycles. The van der Waals surface area contributed by atoms with Crippen molar-refractivity contribution in [3.8, 4) is 0 Å². The molecule has 1 aromatic carbocycles. The number of benzene rings is 1. The van der Waals surface area contributed by atoms with Gasteiger partial charge in [-0.25, -0.2) is 13.1 Å². The van der Waals surface area contributed by atoms with Crippen LogP contribution in [0, 0.1) is 0 Å². The molecule has 2 aromatic rings. The van der Waals surface area contributed by atoms with Crippen LogP contribution in [0.15, 0.2) is 63.9 Å². The minimum atomic E-state index is -3.75. The zero-order chi connectivity index (χ0) is 18.0. The summed E-state index contributed by atoms with van der Waals surface area (Å²) in [5.41, 5.74) is 6.72. The fraction of sp³-hybridized carbons (Fsp3) is 0.167. The van der Waals surface area contributed by atoms with Crippen LogP contribution < -0.4 is 10.5 Å². The van der Waals surface area contributed by atoms with Gasteiger partial charge in [0.05, 0.1) is 10.9 Å². The number of furan rings is 1. The van der Waals surface area contributed by atoms with Gasteiger partial charge < -0.3 is 10.2 Å². The Morgan fingerprint density at radius 1 is 1.28 bits per heavy atom. The third-order valence-electron chi connectivity index (χ3n) is 3.86. The molecule has 7 heteroatoms. The van der Waals surface area contributed by atoms with Crippen LogP contribution in [-0.4, -0.2) is 20.2 Å². The van der Waals surface area contributed by atoms with Crippen LogP contribution in [0.5, 0.6) is 0 Å². The molecule has 6 nitrogen and oxygen atoms in total. The second-order valence-electron chi connectivity index (χ2n) is 5.75. The summed E-state index contributed by atoms with van der Waals surface area (Å²) in [5, 5.41) is 0. The third kappa shape index (κ3) is 3.72. The van der Waals surface area contributed by atoms with Crippen molar-refractivity contribution < 1.29 is 17.6 Å². The topological polar surface area (TPSA) is 102 Å². The van der Waals surface area contributed by atoms with E-state index in [1.54, 1.807) is 30.3 Å². The van der Waals surface area contributed by atoms with Crippen LogP contribution >= 0.6 is 0 Å². The maximum atomic E-state index is 12.6. The standard InChI is InChI=1S/C18H18N2O4S/c1-12(21)17-9-10-18(24-17)15-7-2-3-8-16(15)20-25(22,23)14-6-4-5-13(19)11-14/h2-7,9-11,16,20H,8,19H2,1H3. The smallest absolute Gasteiger partial charge is 0.241 e. The lowest BCUT2D eigenvalue weighted by atomic mass is 9.98. The molecule has 1 aliphatic rings. The number of nitrogens with one attached hydrogen (secondary N) is 1. The molecule has 1 heterocycles. The molecule has 0 spiro atoms. The number of carbonyl (C=O) groups excluding carboxylic acids is 1. The molecule has 1 aromatic heterocycles. The highest BCUT2D eigenvalue weighted by Crippen LogP contribution is 2.27. The first kappa shape index (κ1) is 17.2. The zero-order valence-corrected chi connectivity index (χ0v) is 14.4. The number of carbonyl (C=O) groups is 1. The highest BCUT2D eigenvalue weighted by Gasteiger charge is 2.26. The average molecular weight is 358 g/mol. The largest absolute Gasteiger partial charge is 0.453 e. The van der Waals surface area contributed by atoms with Crippen molar-refractivity contribution in [3.05, 3.63) is 66.1 Å². The summed E-state index contributed by atoms with van der Waals surface area (Å²) >= 11 is 0. The molecule has 0 amide bonds. The van der Waals surface area contributed by atoms with Crippen molar-refractivity contribution in [1.29, 1.82) is 0 Å². The van der Waals surface area contributed by atoms with Gasteiger partial charge in [-0.3, -0.25) is 4.79 Å². The summed E-state index contributed by atoms with van der Waals surface area (Å²) in [6, 6.07) is 8.87. The molecule has 0 aliphatic heterocycles. The van der Waals surface area contributed by atoms with E-state index in [9.17, 15) is 13.2 Å². The van der Waals surface area contributed by atoms with Crippen LogP contribution in [0.4, 0.5) is 5.69 Å². The summed E-state index contributed by atoms with van der Waals surface area (Å²) in [7, 11) is -3.75. The van der Waals surface area contributed by atoms with E-state index in [4.69, 9.17) is 10.2 Å². The normalized spacial score (nSPS) is 17.3. The van der Waals surface area contributed by atoms with Gasteiger partial charge in [0.2, 0.25) is 10.0 Å². The minimum absolute atomic E-state index is 0.102. The van der Waals surface area contributed by atoms with Crippen LogP contribution in [0.2, 0.25) is 0 Å². The summed E-state index contributed by atoms with van der Waals surface area (Å²) in [5.74, 6) is 0.521. The predicted molar refractivity (Wildman–Crippen MR) is 95.4 cm³/mol. The van der Waals surface area contributed by atoms with Crippen LogP contribution in [0.25, 0.3) is 5.57 Å². The van der Waals surface area contributed by atoms with E-state index in [1.807, 2.05) is 12.2 Å². The van der Waals surface area contributed by atoms with Gasteiger partial charge in [0.15, 0.2) is 11.5 Å². The van der Waals surface area contributed by atoms with Crippen molar-refractivity contribution in [2.45, 2.75) is 24.3 Å². The Bertz CT molecular complexity index is 970. The number of ketones is 1. The van der Waals surface area contributed by atoms with E-state index < -0.39 is 16.1 Å². The molecular formula is C18H18N2O4S. The van der Waals surface area contributed by atoms with Gasteiger partial charge in [0, 0.05) is 18.2 Å². The Balaban J connectivity index is 1.89. The molecule has 0 fully saturated rings. The molecule has 1 atom stereocenters. The summed E-state index contributed by atoms with van der Waals surface area (Å²) < 4.78 is 33.5. The van der Waals surface area contributed by atoms with Gasteiger partial charge in [-0.2, -0.15) is 0 Å². The number of hydrogen-bond donors (Lipinski definition) is 2.